The highest BCUT2D eigenvalue weighted by Gasteiger charge is 2.33. The van der Waals surface area contributed by atoms with E-state index in [-0.39, 0.29) is 11.8 Å². The van der Waals surface area contributed by atoms with E-state index in [2.05, 4.69) is 4.98 Å². The number of nitrogens with zero attached hydrogens (tertiary/aromatic N) is 2. The summed E-state index contributed by atoms with van der Waals surface area (Å²) in [5, 5.41) is 0. The predicted octanol–water partition coefficient (Wildman–Crippen LogP) is 2.44. The first-order valence-electron chi connectivity index (χ1n) is 7.08. The van der Waals surface area contributed by atoms with Crippen molar-refractivity contribution < 1.29 is 8.42 Å². The monoisotopic (exact) mass is 316 g/mol. The van der Waals surface area contributed by atoms with Crippen molar-refractivity contribution in [1.82, 2.24) is 9.29 Å². The van der Waals surface area contributed by atoms with E-state index in [1.165, 1.54) is 0 Å². The highest BCUT2D eigenvalue weighted by Crippen LogP contribution is 2.25. The van der Waals surface area contributed by atoms with Crippen LogP contribution in [-0.4, -0.2) is 41.9 Å². The van der Waals surface area contributed by atoms with Crippen molar-refractivity contribution in [3.63, 3.8) is 0 Å². The molecule has 1 aliphatic heterocycles. The molecule has 0 bridgehead atoms. The minimum atomic E-state index is -3.17. The molecule has 2 rings (SSSR count). The summed E-state index contributed by atoms with van der Waals surface area (Å²) in [6.07, 6.45) is 7.61. The van der Waals surface area contributed by atoms with Gasteiger partial charge in [0.05, 0.1) is 5.75 Å². The number of pyridine rings is 1. The second-order valence-electron chi connectivity index (χ2n) is 5.16. The fraction of sp³-hybridized carbons (Fsp3) is 0.643. The Morgan fingerprint density at radius 1 is 1.35 bits per heavy atom. The summed E-state index contributed by atoms with van der Waals surface area (Å²) in [6.45, 7) is 0.658. The lowest BCUT2D eigenvalue weighted by Gasteiger charge is -2.23. The molecule has 0 aliphatic carbocycles. The molecule has 1 aromatic rings. The third-order valence-corrected chi connectivity index (χ3v) is 5.93. The van der Waals surface area contributed by atoms with Crippen LogP contribution in [0.25, 0.3) is 0 Å². The van der Waals surface area contributed by atoms with Crippen molar-refractivity contribution in [3.05, 3.63) is 30.1 Å². The van der Waals surface area contributed by atoms with Gasteiger partial charge in [0.2, 0.25) is 10.0 Å². The van der Waals surface area contributed by atoms with Gasteiger partial charge in [0, 0.05) is 30.9 Å². The first-order chi connectivity index (χ1) is 9.63. The largest absolute Gasteiger partial charge is 0.265 e. The zero-order chi connectivity index (χ0) is 14.4. The fourth-order valence-electron chi connectivity index (χ4n) is 2.69. The summed E-state index contributed by atoms with van der Waals surface area (Å²) < 4.78 is 26.6. The van der Waals surface area contributed by atoms with Gasteiger partial charge < -0.3 is 0 Å². The number of hydrogen-bond acceptors (Lipinski definition) is 3. The zero-order valence-corrected chi connectivity index (χ0v) is 13.1. The molecule has 112 valence electrons. The fourth-order valence-corrected chi connectivity index (χ4v) is 4.64. The van der Waals surface area contributed by atoms with Gasteiger partial charge >= 0.3 is 0 Å². The van der Waals surface area contributed by atoms with Crippen LogP contribution in [0.1, 0.15) is 31.2 Å². The minimum absolute atomic E-state index is 0.149. The lowest BCUT2D eigenvalue weighted by atomic mass is 10.1. The maximum Gasteiger partial charge on any atom is 0.214 e. The Balaban J connectivity index is 1.95. The van der Waals surface area contributed by atoms with Crippen LogP contribution >= 0.6 is 11.6 Å². The summed E-state index contributed by atoms with van der Waals surface area (Å²) in [5.41, 5.74) is 1.01. The molecular formula is C14H21ClN2O2S. The van der Waals surface area contributed by atoms with E-state index in [9.17, 15) is 8.42 Å². The third-order valence-electron chi connectivity index (χ3n) is 3.75. The molecule has 1 saturated heterocycles. The van der Waals surface area contributed by atoms with Crippen LogP contribution in [0.5, 0.6) is 0 Å². The van der Waals surface area contributed by atoms with Crippen LogP contribution in [0.2, 0.25) is 0 Å². The number of aryl methyl sites for hydroxylation is 1. The molecule has 1 fully saturated rings. The van der Waals surface area contributed by atoms with Crippen molar-refractivity contribution in [3.8, 4) is 0 Å². The highest BCUT2D eigenvalue weighted by molar-refractivity contribution is 7.89. The van der Waals surface area contributed by atoms with E-state index in [1.54, 1.807) is 16.7 Å². The molecule has 6 heteroatoms. The first-order valence-corrected chi connectivity index (χ1v) is 9.22. The van der Waals surface area contributed by atoms with Crippen molar-refractivity contribution >= 4 is 21.6 Å². The highest BCUT2D eigenvalue weighted by atomic mass is 35.5. The minimum Gasteiger partial charge on any atom is -0.265 e. The van der Waals surface area contributed by atoms with Gasteiger partial charge in [-0.25, -0.2) is 8.42 Å². The van der Waals surface area contributed by atoms with E-state index in [1.807, 2.05) is 12.1 Å². The predicted molar refractivity (Wildman–Crippen MR) is 81.4 cm³/mol. The van der Waals surface area contributed by atoms with E-state index in [0.717, 1.165) is 31.2 Å². The van der Waals surface area contributed by atoms with Crippen LogP contribution in [-0.2, 0) is 16.4 Å². The molecule has 0 spiro atoms. The Morgan fingerprint density at radius 2 is 2.10 bits per heavy atom. The molecule has 4 nitrogen and oxygen atoms in total. The van der Waals surface area contributed by atoms with Crippen molar-refractivity contribution in [2.45, 2.75) is 38.1 Å². The van der Waals surface area contributed by atoms with Gasteiger partial charge in [0.15, 0.2) is 0 Å². The number of alkyl halides is 1. The van der Waals surface area contributed by atoms with Crippen molar-refractivity contribution in [1.29, 1.82) is 0 Å². The molecule has 1 unspecified atom stereocenters. The summed E-state index contributed by atoms with van der Waals surface area (Å²) in [5.74, 6) is 0.774. The third kappa shape index (κ3) is 4.17. The van der Waals surface area contributed by atoms with Gasteiger partial charge in [0.25, 0.3) is 0 Å². The Bertz CT molecular complexity index is 507. The van der Waals surface area contributed by atoms with E-state index in [0.29, 0.717) is 18.8 Å². The summed E-state index contributed by atoms with van der Waals surface area (Å²) in [7, 11) is -3.17. The molecule has 0 amide bonds. The van der Waals surface area contributed by atoms with E-state index in [4.69, 9.17) is 11.6 Å². The van der Waals surface area contributed by atoms with E-state index < -0.39 is 10.0 Å². The zero-order valence-electron chi connectivity index (χ0n) is 11.5. The summed E-state index contributed by atoms with van der Waals surface area (Å²) >= 11 is 5.71. The van der Waals surface area contributed by atoms with Crippen LogP contribution in [0.3, 0.4) is 0 Å². The number of aromatic nitrogens is 1. The number of rotatable bonds is 7. The molecule has 20 heavy (non-hydrogen) atoms. The Labute approximate surface area is 126 Å². The lowest BCUT2D eigenvalue weighted by molar-refractivity contribution is 0.368. The Kier molecular flexibility index (Phi) is 5.81. The van der Waals surface area contributed by atoms with Gasteiger partial charge in [-0.2, -0.15) is 4.31 Å². The lowest BCUT2D eigenvalue weighted by Crippen LogP contribution is -2.37. The van der Waals surface area contributed by atoms with Crippen LogP contribution in [0.15, 0.2) is 24.5 Å². The SMILES string of the molecule is O=S(=O)(CCc1ccncc1)N1CCCC1CCCCl. The quantitative estimate of drug-likeness (QED) is 0.726. The topological polar surface area (TPSA) is 50.3 Å². The van der Waals surface area contributed by atoms with Gasteiger partial charge in [0.1, 0.15) is 0 Å². The molecule has 0 radical (unpaired) electrons. The maximum atomic E-state index is 12.5. The Hall–Kier alpha value is -0.650. The van der Waals surface area contributed by atoms with Gasteiger partial charge in [-0.15, -0.1) is 11.6 Å². The molecule has 0 N–H and O–H groups in total. The van der Waals surface area contributed by atoms with Crippen molar-refractivity contribution in [2.24, 2.45) is 0 Å². The average Bonchev–Trinajstić information content (AvgIpc) is 2.93. The number of sulfonamides is 1. The van der Waals surface area contributed by atoms with Crippen LogP contribution in [0.4, 0.5) is 0 Å². The smallest absolute Gasteiger partial charge is 0.214 e. The second-order valence-corrected chi connectivity index (χ2v) is 7.58. The molecule has 1 aromatic heterocycles. The average molecular weight is 317 g/mol. The van der Waals surface area contributed by atoms with E-state index >= 15 is 0 Å². The normalized spacial score (nSPS) is 20.4. The molecule has 2 heterocycles. The Morgan fingerprint density at radius 3 is 2.80 bits per heavy atom. The molecule has 0 aromatic carbocycles. The molecule has 1 atom stereocenters. The number of hydrogen-bond donors (Lipinski definition) is 0. The summed E-state index contributed by atoms with van der Waals surface area (Å²) in [4.78, 5) is 3.94. The summed E-state index contributed by atoms with van der Waals surface area (Å²) in [6, 6.07) is 3.88. The maximum absolute atomic E-state index is 12.5. The van der Waals surface area contributed by atoms with Crippen LogP contribution in [0, 0.1) is 0 Å². The van der Waals surface area contributed by atoms with Crippen molar-refractivity contribution in [2.75, 3.05) is 18.2 Å². The van der Waals surface area contributed by atoms with Gasteiger partial charge in [-0.1, -0.05) is 0 Å². The molecule has 1 aliphatic rings. The second kappa shape index (κ2) is 7.38. The van der Waals surface area contributed by atoms with Gasteiger partial charge in [-0.3, -0.25) is 4.98 Å². The molecular weight excluding hydrogens is 296 g/mol. The van der Waals surface area contributed by atoms with Crippen LogP contribution < -0.4 is 0 Å². The number of halogens is 1. The van der Waals surface area contributed by atoms with Gasteiger partial charge in [-0.05, 0) is 49.8 Å². The first kappa shape index (κ1) is 15.7. The standard InChI is InChI=1S/C14H21ClN2O2S/c15-8-1-3-14-4-2-11-17(14)20(18,19)12-7-13-5-9-16-10-6-13/h5-6,9-10,14H,1-4,7-8,11-12H2. The molecule has 0 saturated carbocycles.